The maximum atomic E-state index is 4.29. The van der Waals surface area contributed by atoms with Crippen LogP contribution in [-0.4, -0.2) is 16.5 Å². The minimum Gasteiger partial charge on any atom is -0.369 e. The number of hydrogen-bond donors (Lipinski definition) is 1. The average molecular weight is 235 g/mol. The molecule has 0 amide bonds. The number of rotatable bonds is 6. The van der Waals surface area contributed by atoms with E-state index in [1.807, 2.05) is 6.07 Å². The first-order chi connectivity index (χ1) is 7.92. The van der Waals surface area contributed by atoms with E-state index in [-0.39, 0.29) is 0 Å². The molecule has 0 radical (unpaired) electrons. The van der Waals surface area contributed by atoms with E-state index < -0.39 is 0 Å². The van der Waals surface area contributed by atoms with Gasteiger partial charge in [-0.2, -0.15) is 0 Å². The molecule has 2 rings (SSSR count). The third-order valence-electron chi connectivity index (χ3n) is 2.57. The number of unbranched alkanes of at least 4 members (excludes halogenated alkanes) is 3. The van der Waals surface area contributed by atoms with Gasteiger partial charge in [0.1, 0.15) is 12.1 Å². The highest BCUT2D eigenvalue weighted by Gasteiger charge is 2.03. The third-order valence-corrected chi connectivity index (χ3v) is 3.48. The van der Waals surface area contributed by atoms with Gasteiger partial charge in [-0.05, 0) is 17.9 Å². The summed E-state index contributed by atoms with van der Waals surface area (Å²) in [6.45, 7) is 3.23. The molecule has 0 aliphatic heterocycles. The first-order valence-corrected chi connectivity index (χ1v) is 6.72. The topological polar surface area (TPSA) is 37.8 Å². The van der Waals surface area contributed by atoms with Crippen molar-refractivity contribution in [1.82, 2.24) is 9.97 Å². The lowest BCUT2D eigenvalue weighted by atomic mass is 10.2. The molecule has 16 heavy (non-hydrogen) atoms. The Morgan fingerprint density at radius 2 is 2.19 bits per heavy atom. The van der Waals surface area contributed by atoms with Crippen molar-refractivity contribution < 1.29 is 0 Å². The minimum atomic E-state index is 0.983. The van der Waals surface area contributed by atoms with Crippen molar-refractivity contribution in [2.45, 2.75) is 32.6 Å². The van der Waals surface area contributed by atoms with Crippen LogP contribution in [0, 0.1) is 0 Å². The van der Waals surface area contributed by atoms with E-state index in [1.54, 1.807) is 17.7 Å². The van der Waals surface area contributed by atoms with Crippen molar-refractivity contribution in [2.75, 3.05) is 11.9 Å². The van der Waals surface area contributed by atoms with Crippen LogP contribution in [0.15, 0.2) is 17.8 Å². The van der Waals surface area contributed by atoms with Crippen LogP contribution in [0.25, 0.3) is 10.2 Å². The second-order valence-electron chi connectivity index (χ2n) is 3.84. The molecule has 0 saturated carbocycles. The molecule has 4 heteroatoms. The van der Waals surface area contributed by atoms with Crippen molar-refractivity contribution in [3.8, 4) is 0 Å². The molecule has 0 aliphatic carbocycles. The average Bonchev–Trinajstić information content (AvgIpc) is 2.77. The molecular weight excluding hydrogens is 218 g/mol. The van der Waals surface area contributed by atoms with Gasteiger partial charge in [0.2, 0.25) is 0 Å². The highest BCUT2D eigenvalue weighted by Crippen LogP contribution is 2.24. The summed E-state index contributed by atoms with van der Waals surface area (Å²) in [7, 11) is 0. The number of hydrogen-bond acceptors (Lipinski definition) is 4. The van der Waals surface area contributed by atoms with Crippen LogP contribution in [0.1, 0.15) is 32.6 Å². The summed E-state index contributed by atoms with van der Waals surface area (Å²) in [5, 5.41) is 5.45. The van der Waals surface area contributed by atoms with Gasteiger partial charge in [0.15, 0.2) is 0 Å². The molecule has 0 aromatic carbocycles. The molecule has 0 saturated heterocycles. The van der Waals surface area contributed by atoms with Crippen molar-refractivity contribution in [3.63, 3.8) is 0 Å². The van der Waals surface area contributed by atoms with Gasteiger partial charge in [0.05, 0.1) is 10.2 Å². The SMILES string of the molecule is CCCCCCNc1ncnc2ccsc12. The first-order valence-electron chi connectivity index (χ1n) is 5.84. The Bertz CT molecular complexity index is 439. The number of aromatic nitrogens is 2. The molecule has 0 spiro atoms. The fraction of sp³-hybridized carbons (Fsp3) is 0.500. The standard InChI is InChI=1S/C12H17N3S/c1-2-3-4-5-7-13-12-11-10(6-8-16-11)14-9-15-12/h6,8-9H,2-5,7H2,1H3,(H,13,14,15). The van der Waals surface area contributed by atoms with E-state index in [1.165, 1.54) is 25.7 Å². The highest BCUT2D eigenvalue weighted by atomic mass is 32.1. The second kappa shape index (κ2) is 5.80. The van der Waals surface area contributed by atoms with Gasteiger partial charge >= 0.3 is 0 Å². The smallest absolute Gasteiger partial charge is 0.147 e. The minimum absolute atomic E-state index is 0.983. The molecule has 2 aromatic rings. The van der Waals surface area contributed by atoms with E-state index in [9.17, 15) is 0 Å². The van der Waals surface area contributed by atoms with E-state index in [4.69, 9.17) is 0 Å². The molecule has 86 valence electrons. The van der Waals surface area contributed by atoms with Crippen LogP contribution in [0.3, 0.4) is 0 Å². The lowest BCUT2D eigenvalue weighted by molar-refractivity contribution is 0.684. The third kappa shape index (κ3) is 2.70. The van der Waals surface area contributed by atoms with Crippen molar-refractivity contribution >= 4 is 27.4 Å². The lowest BCUT2D eigenvalue weighted by Crippen LogP contribution is -2.03. The van der Waals surface area contributed by atoms with E-state index in [0.29, 0.717) is 0 Å². The van der Waals surface area contributed by atoms with Gasteiger partial charge < -0.3 is 5.32 Å². The van der Waals surface area contributed by atoms with Crippen LogP contribution < -0.4 is 5.32 Å². The highest BCUT2D eigenvalue weighted by molar-refractivity contribution is 7.17. The van der Waals surface area contributed by atoms with Crippen LogP contribution in [0.5, 0.6) is 0 Å². The summed E-state index contributed by atoms with van der Waals surface area (Å²) in [6.07, 6.45) is 6.73. The van der Waals surface area contributed by atoms with E-state index in [2.05, 4.69) is 27.6 Å². The molecule has 3 nitrogen and oxygen atoms in total. The molecule has 2 heterocycles. The molecule has 0 bridgehead atoms. The summed E-state index contributed by atoms with van der Waals surface area (Å²) in [4.78, 5) is 8.50. The van der Waals surface area contributed by atoms with Gasteiger partial charge in [-0.25, -0.2) is 9.97 Å². The van der Waals surface area contributed by atoms with Crippen LogP contribution >= 0.6 is 11.3 Å². The van der Waals surface area contributed by atoms with Gasteiger partial charge in [-0.3, -0.25) is 0 Å². The number of nitrogens with one attached hydrogen (secondary N) is 1. The summed E-state index contributed by atoms with van der Waals surface area (Å²) >= 11 is 1.69. The quantitative estimate of drug-likeness (QED) is 0.776. The zero-order chi connectivity index (χ0) is 11.2. The maximum absolute atomic E-state index is 4.29. The van der Waals surface area contributed by atoms with Crippen LogP contribution in [0.2, 0.25) is 0 Å². The zero-order valence-electron chi connectivity index (χ0n) is 9.57. The Labute approximate surface area is 99.9 Å². The molecular formula is C12H17N3S. The largest absolute Gasteiger partial charge is 0.369 e. The fourth-order valence-electron chi connectivity index (χ4n) is 1.67. The first kappa shape index (κ1) is 11.3. The van der Waals surface area contributed by atoms with Gasteiger partial charge in [0, 0.05) is 6.54 Å². The summed E-state index contributed by atoms with van der Waals surface area (Å²) < 4.78 is 1.16. The fourth-order valence-corrected chi connectivity index (χ4v) is 2.48. The summed E-state index contributed by atoms with van der Waals surface area (Å²) in [5.74, 6) is 0.983. The Kier molecular flexibility index (Phi) is 4.10. The second-order valence-corrected chi connectivity index (χ2v) is 4.76. The van der Waals surface area contributed by atoms with Gasteiger partial charge in [0.25, 0.3) is 0 Å². The predicted molar refractivity (Wildman–Crippen MR) is 70.0 cm³/mol. The van der Waals surface area contributed by atoms with Crippen LogP contribution in [-0.2, 0) is 0 Å². The predicted octanol–water partition coefficient (Wildman–Crippen LogP) is 3.68. The molecule has 1 N–H and O–H groups in total. The van der Waals surface area contributed by atoms with Crippen molar-refractivity contribution in [1.29, 1.82) is 0 Å². The number of fused-ring (bicyclic) bond motifs is 1. The van der Waals surface area contributed by atoms with Crippen molar-refractivity contribution in [3.05, 3.63) is 17.8 Å². The summed E-state index contributed by atoms with van der Waals surface area (Å²) in [6, 6.07) is 2.03. The monoisotopic (exact) mass is 235 g/mol. The number of nitrogens with zero attached hydrogens (tertiary/aromatic N) is 2. The summed E-state index contributed by atoms with van der Waals surface area (Å²) in [5.41, 5.74) is 1.04. The van der Waals surface area contributed by atoms with Gasteiger partial charge in [-0.15, -0.1) is 11.3 Å². The van der Waals surface area contributed by atoms with E-state index >= 15 is 0 Å². The molecule has 0 unspecified atom stereocenters. The Morgan fingerprint density at radius 1 is 1.25 bits per heavy atom. The Balaban J connectivity index is 1.91. The Hall–Kier alpha value is -1.16. The van der Waals surface area contributed by atoms with Gasteiger partial charge in [-0.1, -0.05) is 26.2 Å². The maximum Gasteiger partial charge on any atom is 0.147 e. The molecule has 0 atom stereocenters. The zero-order valence-corrected chi connectivity index (χ0v) is 10.4. The van der Waals surface area contributed by atoms with E-state index in [0.717, 1.165) is 22.6 Å². The normalized spacial score (nSPS) is 10.8. The van der Waals surface area contributed by atoms with Crippen molar-refractivity contribution in [2.24, 2.45) is 0 Å². The lowest BCUT2D eigenvalue weighted by Gasteiger charge is -2.05. The molecule has 0 aliphatic rings. The number of anilines is 1. The molecule has 0 fully saturated rings. The Morgan fingerprint density at radius 3 is 3.06 bits per heavy atom. The molecule has 2 aromatic heterocycles. The number of thiophene rings is 1. The van der Waals surface area contributed by atoms with Crippen LogP contribution in [0.4, 0.5) is 5.82 Å².